The van der Waals surface area contributed by atoms with Crippen LogP contribution in [0.5, 0.6) is 0 Å². The fourth-order valence-electron chi connectivity index (χ4n) is 1.83. The van der Waals surface area contributed by atoms with Crippen molar-refractivity contribution in [3.05, 3.63) is 47.3 Å². The number of benzene rings is 1. The standard InChI is InChI=1S/C13H15FN4O/c1-8-4-5-10(11(14)6-8)13(19)16-9(2)12-17-15-7-18(12)3/h4-7,9H,1-3H3,(H,16,19). The Balaban J connectivity index is 2.15. The first-order valence-electron chi connectivity index (χ1n) is 5.90. The summed E-state index contributed by atoms with van der Waals surface area (Å²) in [5.74, 6) is -0.378. The highest BCUT2D eigenvalue weighted by Gasteiger charge is 2.17. The molecule has 1 amide bonds. The number of nitrogens with zero attached hydrogens (tertiary/aromatic N) is 3. The molecule has 6 heteroatoms. The minimum atomic E-state index is -0.525. The number of carbonyl (C=O) groups is 1. The summed E-state index contributed by atoms with van der Waals surface area (Å²) in [7, 11) is 1.78. The predicted octanol–water partition coefficient (Wildman–Crippen LogP) is 1.75. The van der Waals surface area contributed by atoms with Crippen LogP contribution in [0.4, 0.5) is 4.39 Å². The minimum Gasteiger partial charge on any atom is -0.342 e. The Labute approximate surface area is 110 Å². The number of hydrogen-bond donors (Lipinski definition) is 1. The average molecular weight is 262 g/mol. The molecule has 1 atom stereocenters. The number of aryl methyl sites for hydroxylation is 2. The van der Waals surface area contributed by atoms with Crippen molar-refractivity contribution in [2.45, 2.75) is 19.9 Å². The fourth-order valence-corrected chi connectivity index (χ4v) is 1.83. The Morgan fingerprint density at radius 3 is 2.79 bits per heavy atom. The molecular formula is C13H15FN4O. The van der Waals surface area contributed by atoms with Gasteiger partial charge in [-0.15, -0.1) is 10.2 Å². The van der Waals surface area contributed by atoms with Crippen LogP contribution in [0, 0.1) is 12.7 Å². The molecule has 0 spiro atoms. The Bertz CT molecular complexity index is 608. The second kappa shape index (κ2) is 5.17. The third-order valence-electron chi connectivity index (χ3n) is 2.85. The molecule has 0 fully saturated rings. The number of amides is 1. The molecule has 100 valence electrons. The van der Waals surface area contributed by atoms with Gasteiger partial charge >= 0.3 is 0 Å². The lowest BCUT2D eigenvalue weighted by atomic mass is 10.1. The van der Waals surface area contributed by atoms with Gasteiger partial charge in [-0.3, -0.25) is 4.79 Å². The maximum Gasteiger partial charge on any atom is 0.254 e. The largest absolute Gasteiger partial charge is 0.342 e. The zero-order valence-corrected chi connectivity index (χ0v) is 11.0. The first-order chi connectivity index (χ1) is 8.99. The number of aromatic nitrogens is 3. The van der Waals surface area contributed by atoms with Crippen LogP contribution in [0.15, 0.2) is 24.5 Å². The Morgan fingerprint density at radius 1 is 1.47 bits per heavy atom. The fraction of sp³-hybridized carbons (Fsp3) is 0.308. The van der Waals surface area contributed by atoms with E-state index in [0.29, 0.717) is 5.82 Å². The van der Waals surface area contributed by atoms with Gasteiger partial charge in [-0.05, 0) is 31.5 Å². The molecule has 1 unspecified atom stereocenters. The Hall–Kier alpha value is -2.24. The molecule has 0 aliphatic carbocycles. The molecule has 2 rings (SSSR count). The van der Waals surface area contributed by atoms with Gasteiger partial charge in [-0.2, -0.15) is 0 Å². The van der Waals surface area contributed by atoms with Gasteiger partial charge in [0.2, 0.25) is 0 Å². The van der Waals surface area contributed by atoms with E-state index in [1.807, 2.05) is 0 Å². The quantitative estimate of drug-likeness (QED) is 0.916. The summed E-state index contributed by atoms with van der Waals surface area (Å²) in [6.45, 7) is 3.54. The van der Waals surface area contributed by atoms with Crippen LogP contribution in [0.2, 0.25) is 0 Å². The third-order valence-corrected chi connectivity index (χ3v) is 2.85. The SMILES string of the molecule is Cc1ccc(C(=O)NC(C)c2nncn2C)c(F)c1. The first kappa shape index (κ1) is 13.2. The van der Waals surface area contributed by atoms with Gasteiger partial charge in [-0.25, -0.2) is 4.39 Å². The van der Waals surface area contributed by atoms with Crippen LogP contribution in [0.25, 0.3) is 0 Å². The van der Waals surface area contributed by atoms with E-state index in [1.54, 1.807) is 37.9 Å². The van der Waals surface area contributed by atoms with Crippen molar-refractivity contribution in [2.24, 2.45) is 7.05 Å². The lowest BCUT2D eigenvalue weighted by molar-refractivity contribution is 0.0933. The van der Waals surface area contributed by atoms with Crippen molar-refractivity contribution in [3.8, 4) is 0 Å². The summed E-state index contributed by atoms with van der Waals surface area (Å²) < 4.78 is 15.4. The van der Waals surface area contributed by atoms with E-state index in [2.05, 4.69) is 15.5 Å². The number of hydrogen-bond acceptors (Lipinski definition) is 3. The van der Waals surface area contributed by atoms with E-state index in [1.165, 1.54) is 12.1 Å². The first-order valence-corrected chi connectivity index (χ1v) is 5.90. The normalized spacial score (nSPS) is 12.2. The van der Waals surface area contributed by atoms with Crippen molar-refractivity contribution in [2.75, 3.05) is 0 Å². The highest BCUT2D eigenvalue weighted by Crippen LogP contribution is 2.13. The molecule has 0 aliphatic rings. The molecule has 5 nitrogen and oxygen atoms in total. The van der Waals surface area contributed by atoms with Gasteiger partial charge in [0, 0.05) is 7.05 Å². The number of rotatable bonds is 3. The van der Waals surface area contributed by atoms with Gasteiger partial charge in [0.25, 0.3) is 5.91 Å². The van der Waals surface area contributed by atoms with Gasteiger partial charge in [0.15, 0.2) is 5.82 Å². The van der Waals surface area contributed by atoms with Crippen molar-refractivity contribution in [3.63, 3.8) is 0 Å². The van der Waals surface area contributed by atoms with Crippen molar-refractivity contribution >= 4 is 5.91 Å². The second-order valence-electron chi connectivity index (χ2n) is 4.48. The molecule has 0 saturated carbocycles. The van der Waals surface area contributed by atoms with Gasteiger partial charge < -0.3 is 9.88 Å². The van der Waals surface area contributed by atoms with E-state index in [4.69, 9.17) is 0 Å². The molecule has 1 aromatic heterocycles. The van der Waals surface area contributed by atoms with Crippen LogP contribution < -0.4 is 5.32 Å². The summed E-state index contributed by atoms with van der Waals surface area (Å²) >= 11 is 0. The summed E-state index contributed by atoms with van der Waals surface area (Å²) in [5.41, 5.74) is 0.801. The van der Waals surface area contributed by atoms with Crippen LogP contribution in [-0.4, -0.2) is 20.7 Å². The zero-order chi connectivity index (χ0) is 14.0. The summed E-state index contributed by atoms with van der Waals surface area (Å²) in [6.07, 6.45) is 1.55. The monoisotopic (exact) mass is 262 g/mol. The molecule has 19 heavy (non-hydrogen) atoms. The Kier molecular flexibility index (Phi) is 3.59. The van der Waals surface area contributed by atoms with Gasteiger partial charge in [-0.1, -0.05) is 6.07 Å². The van der Waals surface area contributed by atoms with Gasteiger partial charge in [0.05, 0.1) is 11.6 Å². The molecular weight excluding hydrogens is 247 g/mol. The zero-order valence-electron chi connectivity index (χ0n) is 11.0. The van der Waals surface area contributed by atoms with Crippen LogP contribution in [-0.2, 0) is 7.05 Å². The maximum atomic E-state index is 13.7. The highest BCUT2D eigenvalue weighted by atomic mass is 19.1. The minimum absolute atomic E-state index is 0.0274. The van der Waals surface area contributed by atoms with Crippen LogP contribution >= 0.6 is 0 Å². The predicted molar refractivity (Wildman–Crippen MR) is 68.0 cm³/mol. The topological polar surface area (TPSA) is 59.8 Å². The molecule has 1 N–H and O–H groups in total. The van der Waals surface area contributed by atoms with E-state index >= 15 is 0 Å². The number of halogens is 1. The number of nitrogens with one attached hydrogen (secondary N) is 1. The second-order valence-corrected chi connectivity index (χ2v) is 4.48. The van der Waals surface area contributed by atoms with E-state index in [0.717, 1.165) is 5.56 Å². The van der Waals surface area contributed by atoms with Crippen molar-refractivity contribution < 1.29 is 9.18 Å². The highest BCUT2D eigenvalue weighted by molar-refractivity contribution is 5.94. The van der Waals surface area contributed by atoms with Crippen LogP contribution in [0.1, 0.15) is 34.7 Å². The summed E-state index contributed by atoms with van der Waals surface area (Å²) in [6, 6.07) is 4.16. The molecule has 0 aliphatic heterocycles. The summed E-state index contributed by atoms with van der Waals surface area (Å²) in [4.78, 5) is 12.0. The smallest absolute Gasteiger partial charge is 0.254 e. The van der Waals surface area contributed by atoms with Crippen molar-refractivity contribution in [1.82, 2.24) is 20.1 Å². The molecule has 1 aromatic carbocycles. The van der Waals surface area contributed by atoms with E-state index in [9.17, 15) is 9.18 Å². The van der Waals surface area contributed by atoms with Gasteiger partial charge in [0.1, 0.15) is 12.1 Å². The Morgan fingerprint density at radius 2 is 2.21 bits per heavy atom. The lowest BCUT2D eigenvalue weighted by Crippen LogP contribution is -2.29. The maximum absolute atomic E-state index is 13.7. The van der Waals surface area contributed by atoms with E-state index < -0.39 is 11.7 Å². The number of carbonyl (C=O) groups excluding carboxylic acids is 1. The summed E-state index contributed by atoms with van der Waals surface area (Å²) in [5, 5.41) is 10.3. The average Bonchev–Trinajstić information content (AvgIpc) is 2.75. The third kappa shape index (κ3) is 2.78. The van der Waals surface area contributed by atoms with Crippen LogP contribution in [0.3, 0.4) is 0 Å². The van der Waals surface area contributed by atoms with Crippen molar-refractivity contribution in [1.29, 1.82) is 0 Å². The lowest BCUT2D eigenvalue weighted by Gasteiger charge is -2.13. The van der Waals surface area contributed by atoms with E-state index in [-0.39, 0.29) is 11.6 Å². The molecule has 0 saturated heterocycles. The molecule has 0 radical (unpaired) electrons. The molecule has 0 bridgehead atoms. The molecule has 1 heterocycles. The molecule has 2 aromatic rings.